The normalized spacial score (nSPS) is 13.7. The molecule has 0 saturated carbocycles. The number of hydrogen-bond acceptors (Lipinski definition) is 2. The van der Waals surface area contributed by atoms with Crippen molar-refractivity contribution in [2.24, 2.45) is 0 Å². The Labute approximate surface area is 90.1 Å². The Hall–Kier alpha value is -0.940. The summed E-state index contributed by atoms with van der Waals surface area (Å²) < 4.78 is 39.1. The van der Waals surface area contributed by atoms with Crippen molar-refractivity contribution in [3.05, 3.63) is 29.8 Å². The van der Waals surface area contributed by atoms with Crippen molar-refractivity contribution in [3.63, 3.8) is 0 Å². The zero-order valence-corrected chi connectivity index (χ0v) is 8.56. The first-order chi connectivity index (χ1) is 6.92. The van der Waals surface area contributed by atoms with Crippen LogP contribution in [0.2, 0.25) is 0 Å². The van der Waals surface area contributed by atoms with Crippen LogP contribution in [0.5, 0.6) is 5.75 Å². The van der Waals surface area contributed by atoms with Crippen molar-refractivity contribution in [1.82, 2.24) is 4.84 Å². The zero-order valence-electron chi connectivity index (χ0n) is 7.81. The molecule has 0 radical (unpaired) electrons. The molecular weight excluding hydrogens is 231 g/mol. The van der Waals surface area contributed by atoms with Crippen LogP contribution in [0, 0.1) is 0 Å². The third kappa shape index (κ3) is 3.97. The van der Waals surface area contributed by atoms with Gasteiger partial charge in [0.1, 0.15) is 5.75 Å². The van der Waals surface area contributed by atoms with E-state index in [0.29, 0.717) is 0 Å². The maximum atomic E-state index is 11.8. The van der Waals surface area contributed by atoms with Gasteiger partial charge in [0.05, 0.1) is 0 Å². The molecule has 1 rings (SSSR count). The minimum atomic E-state index is -4.65. The van der Waals surface area contributed by atoms with Crippen molar-refractivity contribution in [2.45, 2.75) is 19.3 Å². The molecule has 1 atom stereocenters. The molecule has 0 aromatic heterocycles. The van der Waals surface area contributed by atoms with Crippen molar-refractivity contribution >= 4 is 11.8 Å². The SMILES string of the molecule is CC(NCl)c1ccc(OC(F)(F)F)cc1. The number of benzene rings is 1. The number of alkyl halides is 3. The fraction of sp³-hybridized carbons (Fsp3) is 0.333. The van der Waals surface area contributed by atoms with E-state index in [1.165, 1.54) is 24.3 Å². The van der Waals surface area contributed by atoms with Crippen LogP contribution in [0.3, 0.4) is 0 Å². The van der Waals surface area contributed by atoms with E-state index in [2.05, 4.69) is 9.57 Å². The summed E-state index contributed by atoms with van der Waals surface area (Å²) in [4.78, 5) is 2.46. The molecule has 1 aromatic rings. The molecule has 0 spiro atoms. The molecule has 0 bridgehead atoms. The predicted octanol–water partition coefficient (Wildman–Crippen LogP) is 3.39. The number of rotatable bonds is 3. The summed E-state index contributed by atoms with van der Waals surface area (Å²) in [5.74, 6) is -0.243. The van der Waals surface area contributed by atoms with E-state index in [4.69, 9.17) is 11.8 Å². The Bertz CT molecular complexity index is 312. The monoisotopic (exact) mass is 239 g/mol. The smallest absolute Gasteiger partial charge is 0.406 e. The summed E-state index contributed by atoms with van der Waals surface area (Å²) in [5, 5.41) is 0. The molecule has 0 aliphatic rings. The first kappa shape index (κ1) is 12.1. The maximum Gasteiger partial charge on any atom is 0.573 e. The van der Waals surface area contributed by atoms with E-state index < -0.39 is 6.36 Å². The summed E-state index contributed by atoms with van der Waals surface area (Å²) in [6.45, 7) is 1.78. The number of nitrogens with one attached hydrogen (secondary N) is 1. The summed E-state index contributed by atoms with van der Waals surface area (Å²) in [5.41, 5.74) is 0.777. The van der Waals surface area contributed by atoms with E-state index in [9.17, 15) is 13.2 Å². The first-order valence-corrected chi connectivity index (χ1v) is 4.52. The van der Waals surface area contributed by atoms with Crippen LogP contribution in [-0.4, -0.2) is 6.36 Å². The fourth-order valence-electron chi connectivity index (χ4n) is 1.02. The molecule has 0 fully saturated rings. The second-order valence-electron chi connectivity index (χ2n) is 2.95. The lowest BCUT2D eigenvalue weighted by molar-refractivity contribution is -0.274. The van der Waals surface area contributed by atoms with Crippen LogP contribution in [0.1, 0.15) is 18.5 Å². The molecule has 0 amide bonds. The van der Waals surface area contributed by atoms with Crippen LogP contribution < -0.4 is 9.57 Å². The Balaban J connectivity index is 2.72. The quantitative estimate of drug-likeness (QED) is 0.817. The van der Waals surface area contributed by atoms with Crippen LogP contribution in [0.25, 0.3) is 0 Å². The summed E-state index contributed by atoms with van der Waals surface area (Å²) in [6.07, 6.45) is -4.65. The highest BCUT2D eigenvalue weighted by Gasteiger charge is 2.30. The predicted molar refractivity (Wildman–Crippen MR) is 50.5 cm³/mol. The lowest BCUT2D eigenvalue weighted by atomic mass is 10.1. The van der Waals surface area contributed by atoms with Gasteiger partial charge in [0.15, 0.2) is 0 Å². The van der Waals surface area contributed by atoms with Gasteiger partial charge in [-0.05, 0) is 36.4 Å². The maximum absolute atomic E-state index is 11.8. The van der Waals surface area contributed by atoms with E-state index in [0.717, 1.165) is 5.56 Å². The van der Waals surface area contributed by atoms with Crippen molar-refractivity contribution in [1.29, 1.82) is 0 Å². The van der Waals surface area contributed by atoms with E-state index in [1.807, 2.05) is 0 Å². The van der Waals surface area contributed by atoms with Gasteiger partial charge in [0.25, 0.3) is 0 Å². The topological polar surface area (TPSA) is 21.3 Å². The molecule has 1 unspecified atom stereocenters. The Morgan fingerprint density at radius 3 is 2.20 bits per heavy atom. The van der Waals surface area contributed by atoms with Gasteiger partial charge in [0.2, 0.25) is 0 Å². The first-order valence-electron chi connectivity index (χ1n) is 4.14. The van der Waals surface area contributed by atoms with Crippen molar-refractivity contribution in [2.75, 3.05) is 0 Å². The second kappa shape index (κ2) is 4.72. The minimum absolute atomic E-state index is 0.133. The lowest BCUT2D eigenvalue weighted by Gasteiger charge is -2.11. The molecule has 2 nitrogen and oxygen atoms in total. The van der Waals surface area contributed by atoms with Crippen LogP contribution in [-0.2, 0) is 0 Å². The van der Waals surface area contributed by atoms with Gasteiger partial charge in [0, 0.05) is 6.04 Å². The van der Waals surface area contributed by atoms with E-state index in [-0.39, 0.29) is 11.8 Å². The van der Waals surface area contributed by atoms with Crippen LogP contribution in [0.4, 0.5) is 13.2 Å². The molecule has 0 aliphatic carbocycles. The van der Waals surface area contributed by atoms with Gasteiger partial charge in [-0.2, -0.15) is 0 Å². The average Bonchev–Trinajstić information content (AvgIpc) is 2.15. The lowest BCUT2D eigenvalue weighted by Crippen LogP contribution is -2.17. The van der Waals surface area contributed by atoms with Crippen molar-refractivity contribution in [3.8, 4) is 5.75 Å². The molecule has 0 aliphatic heterocycles. The fourth-order valence-corrected chi connectivity index (χ4v) is 1.15. The minimum Gasteiger partial charge on any atom is -0.406 e. The van der Waals surface area contributed by atoms with Gasteiger partial charge >= 0.3 is 6.36 Å². The van der Waals surface area contributed by atoms with Gasteiger partial charge in [-0.25, -0.2) is 4.84 Å². The highest BCUT2D eigenvalue weighted by Crippen LogP contribution is 2.24. The molecule has 1 N–H and O–H groups in total. The van der Waals surface area contributed by atoms with Gasteiger partial charge in [-0.15, -0.1) is 13.2 Å². The van der Waals surface area contributed by atoms with Crippen LogP contribution >= 0.6 is 11.8 Å². The van der Waals surface area contributed by atoms with E-state index in [1.54, 1.807) is 6.92 Å². The molecular formula is C9H9ClF3NO. The number of hydrogen-bond donors (Lipinski definition) is 1. The zero-order chi connectivity index (χ0) is 11.5. The molecule has 84 valence electrons. The Morgan fingerprint density at radius 1 is 1.27 bits per heavy atom. The molecule has 15 heavy (non-hydrogen) atoms. The molecule has 0 heterocycles. The second-order valence-corrected chi connectivity index (χ2v) is 3.17. The summed E-state index contributed by atoms with van der Waals surface area (Å²) in [7, 11) is 0. The number of ether oxygens (including phenoxy) is 1. The average molecular weight is 240 g/mol. The summed E-state index contributed by atoms with van der Waals surface area (Å²) >= 11 is 5.37. The van der Waals surface area contributed by atoms with Crippen molar-refractivity contribution < 1.29 is 17.9 Å². The largest absolute Gasteiger partial charge is 0.573 e. The third-order valence-corrected chi connectivity index (χ3v) is 2.10. The molecule has 0 saturated heterocycles. The standard InChI is InChI=1S/C9H9ClF3NO/c1-6(14-10)7-2-4-8(5-3-7)15-9(11,12)13/h2-6,14H,1H3. The highest BCUT2D eigenvalue weighted by atomic mass is 35.5. The number of halogens is 4. The molecule has 1 aromatic carbocycles. The van der Waals surface area contributed by atoms with Crippen LogP contribution in [0.15, 0.2) is 24.3 Å². The van der Waals surface area contributed by atoms with Gasteiger partial charge in [-0.1, -0.05) is 12.1 Å². The Kier molecular flexibility index (Phi) is 3.82. The molecule has 6 heteroatoms. The van der Waals surface area contributed by atoms with E-state index >= 15 is 0 Å². The third-order valence-electron chi connectivity index (χ3n) is 1.78. The van der Waals surface area contributed by atoms with Gasteiger partial charge in [-0.3, -0.25) is 0 Å². The summed E-state index contributed by atoms with van der Waals surface area (Å²) in [6, 6.07) is 5.38. The van der Waals surface area contributed by atoms with Gasteiger partial charge < -0.3 is 4.74 Å². The highest BCUT2D eigenvalue weighted by molar-refractivity contribution is 6.13. The Morgan fingerprint density at radius 2 is 1.80 bits per heavy atom.